The van der Waals surface area contributed by atoms with Crippen LogP contribution in [0.15, 0.2) is 0 Å². The molecular formula is C21H37ClN2O6S. The summed E-state index contributed by atoms with van der Waals surface area (Å²) in [5, 5.41) is 36.6. The molecule has 11 atom stereocenters. The van der Waals surface area contributed by atoms with Crippen LogP contribution >= 0.6 is 23.4 Å². The Hall–Kier alpha value is -0.130. The fourth-order valence-corrected chi connectivity index (χ4v) is 5.91. The van der Waals surface area contributed by atoms with Gasteiger partial charge in [-0.3, -0.25) is 4.79 Å². The second-order valence-corrected chi connectivity index (χ2v) is 11.0. The summed E-state index contributed by atoms with van der Waals surface area (Å²) in [4.78, 5) is 13.2. The Morgan fingerprint density at radius 2 is 1.90 bits per heavy atom. The van der Waals surface area contributed by atoms with Gasteiger partial charge in [-0.15, -0.1) is 23.4 Å². The van der Waals surface area contributed by atoms with Crippen LogP contribution in [-0.2, 0) is 14.3 Å². The molecule has 0 aromatic rings. The largest absolute Gasteiger partial charge is 0.388 e. The van der Waals surface area contributed by atoms with Gasteiger partial charge in [0.25, 0.3) is 0 Å². The number of hydrogen-bond donors (Lipinski definition) is 5. The van der Waals surface area contributed by atoms with Crippen molar-refractivity contribution in [3.63, 3.8) is 0 Å². The van der Waals surface area contributed by atoms with E-state index in [2.05, 4.69) is 24.5 Å². The Morgan fingerprint density at radius 1 is 1.19 bits per heavy atom. The van der Waals surface area contributed by atoms with E-state index in [0.29, 0.717) is 18.4 Å². The van der Waals surface area contributed by atoms with Crippen molar-refractivity contribution in [3.05, 3.63) is 0 Å². The van der Waals surface area contributed by atoms with E-state index in [1.54, 1.807) is 13.2 Å². The summed E-state index contributed by atoms with van der Waals surface area (Å²) in [5.41, 5.74) is -0.731. The Morgan fingerprint density at radius 3 is 2.52 bits per heavy atom. The molecule has 0 aliphatic carbocycles. The minimum atomic E-state index is -1.39. The molecule has 180 valence electrons. The van der Waals surface area contributed by atoms with Gasteiger partial charge in [0.1, 0.15) is 35.9 Å². The molecule has 0 spiro atoms. The molecule has 3 fully saturated rings. The van der Waals surface area contributed by atoms with Crippen LogP contribution in [0, 0.1) is 17.8 Å². The predicted octanol–water partition coefficient (Wildman–Crippen LogP) is 0.308. The van der Waals surface area contributed by atoms with Crippen LogP contribution in [0.4, 0.5) is 0 Å². The molecule has 0 aromatic carbocycles. The number of carbonyl (C=O) groups excluding carboxylic acids is 1. The number of alkyl halides is 1. The molecule has 3 rings (SSSR count). The average Bonchev–Trinajstić information content (AvgIpc) is 3.00. The molecule has 1 amide bonds. The molecule has 3 aliphatic heterocycles. The van der Waals surface area contributed by atoms with Gasteiger partial charge in [-0.05, 0) is 43.8 Å². The van der Waals surface area contributed by atoms with E-state index in [4.69, 9.17) is 21.1 Å². The molecular weight excluding hydrogens is 444 g/mol. The SMILES string of the molecule is CSC1OC([C@H](NC(=O)[C@H]2NC[C@@H]3CC(C(C)C)CCO[C@H]32)[C@H](C)Cl)C(O)C(O)C1O. The lowest BCUT2D eigenvalue weighted by Gasteiger charge is -2.44. The Kier molecular flexibility index (Phi) is 8.93. The zero-order chi connectivity index (χ0) is 22.9. The van der Waals surface area contributed by atoms with Crippen LogP contribution < -0.4 is 10.6 Å². The van der Waals surface area contributed by atoms with Gasteiger partial charge in [0, 0.05) is 13.2 Å². The van der Waals surface area contributed by atoms with Crippen LogP contribution in [0.25, 0.3) is 0 Å². The van der Waals surface area contributed by atoms with E-state index in [9.17, 15) is 20.1 Å². The maximum absolute atomic E-state index is 13.2. The zero-order valence-corrected chi connectivity index (χ0v) is 20.2. The Bertz CT molecular complexity index is 612. The molecule has 8 nitrogen and oxygen atoms in total. The predicted molar refractivity (Wildman–Crippen MR) is 120 cm³/mol. The first-order valence-corrected chi connectivity index (χ1v) is 12.9. The van der Waals surface area contributed by atoms with Crippen molar-refractivity contribution in [2.24, 2.45) is 17.8 Å². The molecule has 0 saturated carbocycles. The number of amides is 1. The van der Waals surface area contributed by atoms with Crippen molar-refractivity contribution in [1.29, 1.82) is 0 Å². The van der Waals surface area contributed by atoms with E-state index >= 15 is 0 Å². The van der Waals surface area contributed by atoms with E-state index < -0.39 is 47.3 Å². The standard InChI is InChI=1S/C21H37ClN2O6S/c1-9(2)11-5-6-29-18-12(7-11)8-23-14(18)20(28)24-13(10(3)22)19-16(26)15(25)17(27)21(30-19)31-4/h9-19,21,23,25-27H,5-8H2,1-4H3,(H,24,28)/t10-,11?,12-,13+,14-,15?,16?,17?,18+,19?,21?/m0/s1. The van der Waals surface area contributed by atoms with Gasteiger partial charge in [0.05, 0.1) is 17.5 Å². The summed E-state index contributed by atoms with van der Waals surface area (Å²) in [6, 6.07) is -1.27. The number of aliphatic hydroxyl groups excluding tert-OH is 3. The van der Waals surface area contributed by atoms with Gasteiger partial charge in [-0.1, -0.05) is 13.8 Å². The second-order valence-electron chi connectivity index (χ2n) is 9.40. The van der Waals surface area contributed by atoms with Gasteiger partial charge < -0.3 is 35.4 Å². The molecule has 6 unspecified atom stereocenters. The fraction of sp³-hybridized carbons (Fsp3) is 0.952. The number of aliphatic hydroxyl groups is 3. The van der Waals surface area contributed by atoms with Gasteiger partial charge in [-0.25, -0.2) is 0 Å². The number of halogens is 1. The maximum atomic E-state index is 13.2. The van der Waals surface area contributed by atoms with Gasteiger partial charge in [0.15, 0.2) is 0 Å². The molecule has 5 N–H and O–H groups in total. The molecule has 0 radical (unpaired) electrons. The van der Waals surface area contributed by atoms with Crippen LogP contribution in [-0.4, -0.2) is 94.1 Å². The number of fused-ring (bicyclic) bond motifs is 1. The number of rotatable bonds is 6. The fourth-order valence-electron chi connectivity index (χ4n) is 5.02. The average molecular weight is 481 g/mol. The summed E-state index contributed by atoms with van der Waals surface area (Å²) in [6.45, 7) is 7.51. The first-order chi connectivity index (χ1) is 14.6. The number of hydrogen-bond acceptors (Lipinski definition) is 8. The van der Waals surface area contributed by atoms with Crippen molar-refractivity contribution < 1.29 is 29.6 Å². The van der Waals surface area contributed by atoms with Gasteiger partial charge in [0.2, 0.25) is 5.91 Å². The van der Waals surface area contributed by atoms with Crippen molar-refractivity contribution in [2.45, 2.75) is 87.0 Å². The molecule has 3 heterocycles. The van der Waals surface area contributed by atoms with Crippen molar-refractivity contribution >= 4 is 29.3 Å². The zero-order valence-electron chi connectivity index (χ0n) is 18.6. The summed E-state index contributed by atoms with van der Waals surface area (Å²) in [7, 11) is 0. The lowest BCUT2D eigenvalue weighted by molar-refractivity contribution is -0.205. The first-order valence-electron chi connectivity index (χ1n) is 11.2. The Labute approximate surface area is 193 Å². The Balaban J connectivity index is 1.70. The second kappa shape index (κ2) is 10.9. The van der Waals surface area contributed by atoms with E-state index in [0.717, 1.165) is 19.4 Å². The lowest BCUT2D eigenvalue weighted by atomic mass is 9.83. The van der Waals surface area contributed by atoms with Gasteiger partial charge in [-0.2, -0.15) is 0 Å². The first kappa shape index (κ1) is 25.5. The molecule has 0 bridgehead atoms. The highest BCUT2D eigenvalue weighted by atomic mass is 35.5. The number of thioether (sulfide) groups is 1. The van der Waals surface area contributed by atoms with Crippen LogP contribution in [0.2, 0.25) is 0 Å². The third kappa shape index (κ3) is 5.51. The highest BCUT2D eigenvalue weighted by Gasteiger charge is 2.49. The number of carbonyl (C=O) groups is 1. The quantitative estimate of drug-likeness (QED) is 0.344. The monoisotopic (exact) mass is 480 g/mol. The molecule has 0 aromatic heterocycles. The van der Waals surface area contributed by atoms with Crippen LogP contribution in [0.3, 0.4) is 0 Å². The maximum Gasteiger partial charge on any atom is 0.240 e. The van der Waals surface area contributed by atoms with E-state index in [1.165, 1.54) is 11.8 Å². The normalized spacial score (nSPS) is 43.2. The summed E-state index contributed by atoms with van der Waals surface area (Å²) < 4.78 is 11.9. The minimum Gasteiger partial charge on any atom is -0.388 e. The van der Waals surface area contributed by atoms with Crippen molar-refractivity contribution in [3.8, 4) is 0 Å². The minimum absolute atomic E-state index is 0.210. The van der Waals surface area contributed by atoms with E-state index in [-0.39, 0.29) is 17.9 Å². The van der Waals surface area contributed by atoms with Crippen LogP contribution in [0.1, 0.15) is 33.6 Å². The molecule has 3 aliphatic rings. The van der Waals surface area contributed by atoms with Crippen LogP contribution in [0.5, 0.6) is 0 Å². The number of nitrogens with one attached hydrogen (secondary N) is 2. The highest BCUT2D eigenvalue weighted by Crippen LogP contribution is 2.34. The topological polar surface area (TPSA) is 120 Å². The number of ether oxygens (including phenoxy) is 2. The smallest absolute Gasteiger partial charge is 0.240 e. The third-order valence-electron chi connectivity index (χ3n) is 7.02. The van der Waals surface area contributed by atoms with Gasteiger partial charge >= 0.3 is 0 Å². The third-order valence-corrected chi connectivity index (χ3v) is 8.15. The molecule has 31 heavy (non-hydrogen) atoms. The highest BCUT2D eigenvalue weighted by molar-refractivity contribution is 7.99. The van der Waals surface area contributed by atoms with Crippen molar-refractivity contribution in [1.82, 2.24) is 10.6 Å². The summed E-state index contributed by atoms with van der Waals surface area (Å²) in [6.07, 6.45) is -1.40. The van der Waals surface area contributed by atoms with E-state index in [1.807, 2.05) is 0 Å². The molecule has 3 saturated heterocycles. The lowest BCUT2D eigenvalue weighted by Crippen LogP contribution is -2.65. The summed E-state index contributed by atoms with van der Waals surface area (Å²) in [5.74, 6) is 1.17. The summed E-state index contributed by atoms with van der Waals surface area (Å²) >= 11 is 7.60. The molecule has 10 heteroatoms. The van der Waals surface area contributed by atoms with Crippen molar-refractivity contribution in [2.75, 3.05) is 19.4 Å².